The Labute approximate surface area is 114 Å². The summed E-state index contributed by atoms with van der Waals surface area (Å²) in [5.74, 6) is -1.87. The number of nitrogen functional groups attached to an aromatic ring is 1. The molecule has 0 bridgehead atoms. The Bertz CT molecular complexity index is 498. The SMILES string of the molecule is CC1(C)CCc2cccc(N)c2O1.O=C(O)C(F)(F)F. The average Bonchev–Trinajstić information content (AvgIpc) is 2.29. The van der Waals surface area contributed by atoms with Gasteiger partial charge in [-0.1, -0.05) is 12.1 Å². The first kappa shape index (κ1) is 16.1. The van der Waals surface area contributed by atoms with Gasteiger partial charge < -0.3 is 15.6 Å². The van der Waals surface area contributed by atoms with Crippen molar-refractivity contribution in [3.63, 3.8) is 0 Å². The molecule has 20 heavy (non-hydrogen) atoms. The van der Waals surface area contributed by atoms with Crippen molar-refractivity contribution in [2.45, 2.75) is 38.5 Å². The van der Waals surface area contributed by atoms with Crippen LogP contribution in [0.25, 0.3) is 0 Å². The molecule has 1 aromatic rings. The highest BCUT2D eigenvalue weighted by atomic mass is 19.4. The summed E-state index contributed by atoms with van der Waals surface area (Å²) < 4.78 is 37.6. The second kappa shape index (κ2) is 5.60. The number of nitrogens with two attached hydrogens (primary N) is 1. The number of hydrogen-bond donors (Lipinski definition) is 2. The highest BCUT2D eigenvalue weighted by Crippen LogP contribution is 2.36. The van der Waals surface area contributed by atoms with Crippen molar-refractivity contribution in [3.05, 3.63) is 23.8 Å². The molecule has 4 nitrogen and oxygen atoms in total. The first-order valence-corrected chi connectivity index (χ1v) is 5.89. The lowest BCUT2D eigenvalue weighted by Gasteiger charge is -2.33. The summed E-state index contributed by atoms with van der Waals surface area (Å²) in [6.45, 7) is 4.20. The van der Waals surface area contributed by atoms with Gasteiger partial charge in [-0.2, -0.15) is 13.2 Å². The van der Waals surface area contributed by atoms with E-state index in [1.165, 1.54) is 5.56 Å². The quantitative estimate of drug-likeness (QED) is 0.721. The number of benzene rings is 1. The summed E-state index contributed by atoms with van der Waals surface area (Å²) in [6.07, 6.45) is -2.96. The molecule has 1 aromatic carbocycles. The molecular formula is C13H16F3NO3. The molecule has 3 N–H and O–H groups in total. The summed E-state index contributed by atoms with van der Waals surface area (Å²) in [4.78, 5) is 8.90. The minimum absolute atomic E-state index is 0.0670. The fraction of sp³-hybridized carbons (Fsp3) is 0.462. The second-order valence-electron chi connectivity index (χ2n) is 5.00. The summed E-state index contributed by atoms with van der Waals surface area (Å²) in [7, 11) is 0. The Balaban J connectivity index is 0.000000246. The maximum atomic E-state index is 10.6. The van der Waals surface area contributed by atoms with Gasteiger partial charge in [-0.25, -0.2) is 4.79 Å². The number of ether oxygens (including phenoxy) is 1. The molecule has 0 aromatic heterocycles. The number of carboxylic acid groups (broad SMARTS) is 1. The summed E-state index contributed by atoms with van der Waals surface area (Å²) in [5.41, 5.74) is 7.76. The number of aliphatic carboxylic acids is 1. The predicted octanol–water partition coefficient (Wildman–Crippen LogP) is 3.01. The third-order valence-corrected chi connectivity index (χ3v) is 2.74. The molecule has 0 atom stereocenters. The smallest absolute Gasteiger partial charge is 0.485 e. The number of aryl methyl sites for hydroxylation is 1. The van der Waals surface area contributed by atoms with Gasteiger partial charge in [0.1, 0.15) is 11.4 Å². The van der Waals surface area contributed by atoms with Gasteiger partial charge in [0.2, 0.25) is 0 Å². The van der Waals surface area contributed by atoms with E-state index in [-0.39, 0.29) is 5.60 Å². The molecule has 0 spiro atoms. The molecule has 1 heterocycles. The Morgan fingerprint density at radius 1 is 1.40 bits per heavy atom. The van der Waals surface area contributed by atoms with E-state index in [1.54, 1.807) is 0 Å². The van der Waals surface area contributed by atoms with Crippen LogP contribution in [0.15, 0.2) is 18.2 Å². The summed E-state index contributed by atoms with van der Waals surface area (Å²) >= 11 is 0. The third-order valence-electron chi connectivity index (χ3n) is 2.74. The highest BCUT2D eigenvalue weighted by Gasteiger charge is 2.38. The van der Waals surface area contributed by atoms with Crippen LogP contribution >= 0.6 is 0 Å². The number of rotatable bonds is 0. The first-order valence-electron chi connectivity index (χ1n) is 5.89. The number of anilines is 1. The minimum atomic E-state index is -5.08. The van der Waals surface area contributed by atoms with E-state index < -0.39 is 12.1 Å². The molecule has 0 saturated carbocycles. The van der Waals surface area contributed by atoms with Crippen LogP contribution in [-0.2, 0) is 11.2 Å². The molecule has 0 fully saturated rings. The summed E-state index contributed by atoms with van der Waals surface area (Å²) in [5, 5.41) is 7.12. The molecule has 112 valence electrons. The van der Waals surface area contributed by atoms with Crippen molar-refractivity contribution in [2.24, 2.45) is 0 Å². The van der Waals surface area contributed by atoms with Gasteiger partial charge in [0, 0.05) is 0 Å². The van der Waals surface area contributed by atoms with Crippen molar-refractivity contribution >= 4 is 11.7 Å². The van der Waals surface area contributed by atoms with Crippen LogP contribution in [0.5, 0.6) is 5.75 Å². The van der Waals surface area contributed by atoms with Crippen LogP contribution < -0.4 is 10.5 Å². The average molecular weight is 291 g/mol. The zero-order chi connectivity index (χ0) is 15.6. The molecule has 2 rings (SSSR count). The number of alkyl halides is 3. The van der Waals surface area contributed by atoms with Crippen molar-refractivity contribution < 1.29 is 27.8 Å². The maximum Gasteiger partial charge on any atom is 0.490 e. The van der Waals surface area contributed by atoms with Gasteiger partial charge in [-0.15, -0.1) is 0 Å². The zero-order valence-corrected chi connectivity index (χ0v) is 11.1. The van der Waals surface area contributed by atoms with Crippen LogP contribution in [0.4, 0.5) is 18.9 Å². The summed E-state index contributed by atoms with van der Waals surface area (Å²) in [6, 6.07) is 5.96. The number of para-hydroxylation sites is 1. The largest absolute Gasteiger partial charge is 0.490 e. The van der Waals surface area contributed by atoms with Crippen molar-refractivity contribution in [1.82, 2.24) is 0 Å². The van der Waals surface area contributed by atoms with E-state index >= 15 is 0 Å². The number of hydrogen-bond acceptors (Lipinski definition) is 3. The Kier molecular flexibility index (Phi) is 4.52. The van der Waals surface area contributed by atoms with E-state index in [1.807, 2.05) is 12.1 Å². The van der Waals surface area contributed by atoms with Crippen LogP contribution in [0, 0.1) is 0 Å². The second-order valence-corrected chi connectivity index (χ2v) is 5.00. The normalized spacial score (nSPS) is 16.2. The van der Waals surface area contributed by atoms with Gasteiger partial charge >= 0.3 is 12.1 Å². The molecule has 0 radical (unpaired) electrons. The van der Waals surface area contributed by atoms with Crippen molar-refractivity contribution in [1.29, 1.82) is 0 Å². The van der Waals surface area contributed by atoms with E-state index in [0.29, 0.717) is 0 Å². The van der Waals surface area contributed by atoms with E-state index in [9.17, 15) is 13.2 Å². The Morgan fingerprint density at radius 3 is 2.45 bits per heavy atom. The zero-order valence-electron chi connectivity index (χ0n) is 11.1. The number of halogens is 3. The monoisotopic (exact) mass is 291 g/mol. The van der Waals surface area contributed by atoms with E-state index in [2.05, 4.69) is 19.9 Å². The molecule has 0 unspecified atom stereocenters. The van der Waals surface area contributed by atoms with Gasteiger partial charge in [-0.3, -0.25) is 0 Å². The number of carboxylic acids is 1. The lowest BCUT2D eigenvalue weighted by Crippen LogP contribution is -2.32. The standard InChI is InChI=1S/C11H15NO.C2HF3O2/c1-11(2)7-6-8-4-3-5-9(12)10(8)13-11;3-2(4,5)1(6)7/h3-5H,6-7,12H2,1-2H3;(H,6,7). The first-order chi connectivity index (χ1) is 9.03. The van der Waals surface area contributed by atoms with E-state index in [4.69, 9.17) is 20.4 Å². The van der Waals surface area contributed by atoms with Gasteiger partial charge in [0.25, 0.3) is 0 Å². The van der Waals surface area contributed by atoms with Crippen LogP contribution in [0.1, 0.15) is 25.8 Å². The van der Waals surface area contributed by atoms with Gasteiger partial charge in [0.15, 0.2) is 0 Å². The predicted molar refractivity (Wildman–Crippen MR) is 67.6 cm³/mol. The fourth-order valence-electron chi connectivity index (χ4n) is 1.69. The fourth-order valence-corrected chi connectivity index (χ4v) is 1.69. The highest BCUT2D eigenvalue weighted by molar-refractivity contribution is 5.73. The Hall–Kier alpha value is -1.92. The topological polar surface area (TPSA) is 72.5 Å². The molecule has 1 aliphatic heterocycles. The molecule has 0 saturated heterocycles. The van der Waals surface area contributed by atoms with Gasteiger partial charge in [-0.05, 0) is 38.3 Å². The third kappa shape index (κ3) is 4.32. The molecule has 1 aliphatic rings. The Morgan fingerprint density at radius 2 is 1.95 bits per heavy atom. The van der Waals surface area contributed by atoms with Crippen LogP contribution in [0.3, 0.4) is 0 Å². The van der Waals surface area contributed by atoms with Crippen molar-refractivity contribution in [2.75, 3.05) is 5.73 Å². The minimum Gasteiger partial charge on any atom is -0.485 e. The van der Waals surface area contributed by atoms with E-state index in [0.717, 1.165) is 24.3 Å². The number of carbonyl (C=O) groups is 1. The van der Waals surface area contributed by atoms with Crippen molar-refractivity contribution in [3.8, 4) is 5.75 Å². The molecule has 7 heteroatoms. The molecule has 0 aliphatic carbocycles. The number of fused-ring (bicyclic) bond motifs is 1. The van der Waals surface area contributed by atoms with Gasteiger partial charge in [0.05, 0.1) is 5.69 Å². The van der Waals surface area contributed by atoms with Crippen LogP contribution in [-0.4, -0.2) is 22.9 Å². The maximum absolute atomic E-state index is 10.6. The van der Waals surface area contributed by atoms with Crippen LogP contribution in [0.2, 0.25) is 0 Å². The molecule has 0 amide bonds. The lowest BCUT2D eigenvalue weighted by atomic mass is 9.94. The molecular weight excluding hydrogens is 275 g/mol. The lowest BCUT2D eigenvalue weighted by molar-refractivity contribution is -0.192.